The van der Waals surface area contributed by atoms with E-state index in [1.54, 1.807) is 36.4 Å². The second-order valence-electron chi connectivity index (χ2n) is 6.67. The third kappa shape index (κ3) is 6.11. The van der Waals surface area contributed by atoms with Crippen LogP contribution in [0.4, 0.5) is 5.69 Å². The summed E-state index contributed by atoms with van der Waals surface area (Å²) >= 11 is 15.4. The number of aryl methyl sites for hydroxylation is 1. The molecule has 3 aromatic rings. The Hall–Kier alpha value is -2.78. The first kappa shape index (κ1) is 22.9. The average Bonchev–Trinajstić information content (AvgIpc) is 2.75. The van der Waals surface area contributed by atoms with Crippen molar-refractivity contribution in [1.82, 2.24) is 0 Å². The summed E-state index contributed by atoms with van der Waals surface area (Å²) in [4.78, 5) is 12.5. The van der Waals surface area contributed by atoms with Crippen LogP contribution < -0.4 is 10.1 Å². The first-order chi connectivity index (χ1) is 14.9. The van der Waals surface area contributed by atoms with Gasteiger partial charge in [-0.2, -0.15) is 5.26 Å². The molecule has 0 aliphatic rings. The lowest BCUT2D eigenvalue weighted by Gasteiger charge is -2.10. The van der Waals surface area contributed by atoms with Crippen LogP contribution in [-0.4, -0.2) is 5.91 Å². The van der Waals surface area contributed by atoms with E-state index in [-0.39, 0.29) is 5.57 Å². The molecule has 7 heteroatoms. The van der Waals surface area contributed by atoms with Crippen LogP contribution in [0.3, 0.4) is 0 Å². The predicted molar refractivity (Wildman–Crippen MR) is 128 cm³/mol. The van der Waals surface area contributed by atoms with Crippen molar-refractivity contribution in [2.75, 3.05) is 5.32 Å². The number of halogens is 3. The van der Waals surface area contributed by atoms with E-state index < -0.39 is 5.91 Å². The SMILES string of the molecule is Cc1ccccc1NC(=O)/C(C#N)=C\c1ccc(OCc2ccc(Cl)c(Cl)c2)c(Br)c1. The van der Waals surface area contributed by atoms with Gasteiger partial charge in [0.2, 0.25) is 0 Å². The van der Waals surface area contributed by atoms with Crippen LogP contribution in [0.25, 0.3) is 6.08 Å². The number of nitrogens with zero attached hydrogens (tertiary/aromatic N) is 1. The molecule has 0 aliphatic heterocycles. The molecule has 0 unspecified atom stereocenters. The average molecular weight is 516 g/mol. The highest BCUT2D eigenvalue weighted by molar-refractivity contribution is 9.10. The van der Waals surface area contributed by atoms with Crippen molar-refractivity contribution in [2.24, 2.45) is 0 Å². The van der Waals surface area contributed by atoms with Crippen molar-refractivity contribution >= 4 is 56.8 Å². The fourth-order valence-electron chi connectivity index (χ4n) is 2.73. The lowest BCUT2D eigenvalue weighted by Crippen LogP contribution is -2.14. The van der Waals surface area contributed by atoms with E-state index in [9.17, 15) is 10.1 Å². The van der Waals surface area contributed by atoms with Crippen LogP contribution in [0.5, 0.6) is 5.75 Å². The minimum atomic E-state index is -0.465. The van der Waals surface area contributed by atoms with Crippen molar-refractivity contribution in [3.05, 3.63) is 97.4 Å². The quantitative estimate of drug-likeness (QED) is 0.279. The predicted octanol–water partition coefficient (Wildman–Crippen LogP) is 7.19. The lowest BCUT2D eigenvalue weighted by molar-refractivity contribution is -0.112. The van der Waals surface area contributed by atoms with Crippen molar-refractivity contribution in [3.8, 4) is 11.8 Å². The van der Waals surface area contributed by atoms with Crippen LogP contribution >= 0.6 is 39.1 Å². The van der Waals surface area contributed by atoms with Gasteiger partial charge in [-0.15, -0.1) is 0 Å². The number of hydrogen-bond acceptors (Lipinski definition) is 3. The smallest absolute Gasteiger partial charge is 0.266 e. The number of ether oxygens (including phenoxy) is 1. The first-order valence-corrected chi connectivity index (χ1v) is 10.8. The maximum Gasteiger partial charge on any atom is 0.266 e. The maximum absolute atomic E-state index is 12.5. The molecule has 156 valence electrons. The van der Waals surface area contributed by atoms with Crippen molar-refractivity contribution in [1.29, 1.82) is 5.26 Å². The maximum atomic E-state index is 12.5. The van der Waals surface area contributed by atoms with Crippen LogP contribution in [-0.2, 0) is 11.4 Å². The number of benzene rings is 3. The van der Waals surface area contributed by atoms with E-state index in [1.807, 2.05) is 37.3 Å². The van der Waals surface area contributed by atoms with Gasteiger partial charge in [-0.1, -0.05) is 53.5 Å². The highest BCUT2D eigenvalue weighted by Gasteiger charge is 2.11. The lowest BCUT2D eigenvalue weighted by atomic mass is 10.1. The molecule has 31 heavy (non-hydrogen) atoms. The van der Waals surface area contributed by atoms with E-state index in [1.165, 1.54) is 6.08 Å². The molecular weight excluding hydrogens is 499 g/mol. The van der Waals surface area contributed by atoms with Gasteiger partial charge in [0.05, 0.1) is 14.5 Å². The third-order valence-corrected chi connectivity index (χ3v) is 5.76. The Labute approximate surface area is 199 Å². The molecule has 0 aliphatic carbocycles. The number of anilines is 1. The zero-order valence-corrected chi connectivity index (χ0v) is 19.6. The molecule has 3 rings (SSSR count). The molecule has 0 saturated carbocycles. The summed E-state index contributed by atoms with van der Waals surface area (Å²) in [5, 5.41) is 13.2. The molecule has 1 N–H and O–H groups in total. The van der Waals surface area contributed by atoms with Gasteiger partial charge in [-0.05, 0) is 76.0 Å². The monoisotopic (exact) mass is 514 g/mol. The highest BCUT2D eigenvalue weighted by atomic mass is 79.9. The van der Waals surface area contributed by atoms with Crippen molar-refractivity contribution in [2.45, 2.75) is 13.5 Å². The molecule has 0 bridgehead atoms. The summed E-state index contributed by atoms with van der Waals surface area (Å²) < 4.78 is 6.52. The summed E-state index contributed by atoms with van der Waals surface area (Å²) in [6.45, 7) is 2.20. The van der Waals surface area contributed by atoms with E-state index in [2.05, 4.69) is 21.2 Å². The summed E-state index contributed by atoms with van der Waals surface area (Å²) in [5.41, 5.74) is 3.15. The van der Waals surface area contributed by atoms with E-state index in [4.69, 9.17) is 27.9 Å². The number of carbonyl (C=O) groups is 1. The topological polar surface area (TPSA) is 62.1 Å². The van der Waals surface area contributed by atoms with E-state index in [0.717, 1.165) is 11.1 Å². The largest absolute Gasteiger partial charge is 0.488 e. The second kappa shape index (κ2) is 10.5. The molecule has 3 aromatic carbocycles. The Morgan fingerprint density at radius 1 is 1.13 bits per heavy atom. The minimum absolute atomic E-state index is 0.000345. The number of nitrogens with one attached hydrogen (secondary N) is 1. The molecule has 0 radical (unpaired) electrons. The minimum Gasteiger partial charge on any atom is -0.488 e. The first-order valence-electron chi connectivity index (χ1n) is 9.22. The van der Waals surface area contributed by atoms with Gasteiger partial charge in [0.25, 0.3) is 5.91 Å². The Morgan fingerprint density at radius 2 is 1.90 bits per heavy atom. The Balaban J connectivity index is 1.72. The van der Waals surface area contributed by atoms with Gasteiger partial charge in [0, 0.05) is 5.69 Å². The number of amides is 1. The number of para-hydroxylation sites is 1. The van der Waals surface area contributed by atoms with Gasteiger partial charge >= 0.3 is 0 Å². The number of rotatable bonds is 6. The molecule has 4 nitrogen and oxygen atoms in total. The third-order valence-electron chi connectivity index (χ3n) is 4.40. The summed E-state index contributed by atoms with van der Waals surface area (Å²) in [6, 6.07) is 20.0. The Bertz CT molecular complexity index is 1200. The summed E-state index contributed by atoms with van der Waals surface area (Å²) in [5.74, 6) is 0.152. The fraction of sp³-hybridized carbons (Fsp3) is 0.0833. The van der Waals surface area contributed by atoms with Crippen LogP contribution in [0.2, 0.25) is 10.0 Å². The van der Waals surface area contributed by atoms with Gasteiger partial charge in [-0.3, -0.25) is 4.79 Å². The van der Waals surface area contributed by atoms with Gasteiger partial charge in [0.15, 0.2) is 0 Å². The number of carbonyl (C=O) groups excluding carboxylic acids is 1. The summed E-state index contributed by atoms with van der Waals surface area (Å²) in [6.07, 6.45) is 1.53. The van der Waals surface area contributed by atoms with E-state index >= 15 is 0 Å². The van der Waals surface area contributed by atoms with Crippen LogP contribution in [0, 0.1) is 18.3 Å². The molecule has 0 saturated heterocycles. The van der Waals surface area contributed by atoms with Gasteiger partial charge < -0.3 is 10.1 Å². The number of hydrogen-bond donors (Lipinski definition) is 1. The molecule has 0 aromatic heterocycles. The molecule has 0 atom stereocenters. The van der Waals surface area contributed by atoms with Crippen LogP contribution in [0.1, 0.15) is 16.7 Å². The zero-order chi connectivity index (χ0) is 22.4. The highest BCUT2D eigenvalue weighted by Crippen LogP contribution is 2.29. The zero-order valence-electron chi connectivity index (χ0n) is 16.5. The number of nitriles is 1. The molecule has 1 amide bonds. The molecular formula is C24H17BrCl2N2O2. The van der Waals surface area contributed by atoms with Crippen molar-refractivity contribution < 1.29 is 9.53 Å². The Morgan fingerprint density at radius 3 is 2.58 bits per heavy atom. The second-order valence-corrected chi connectivity index (χ2v) is 8.33. The van der Waals surface area contributed by atoms with Gasteiger partial charge in [0.1, 0.15) is 24.0 Å². The molecule has 0 heterocycles. The Kier molecular flexibility index (Phi) is 7.75. The standard InChI is InChI=1S/C24H17BrCl2N2O2/c1-15-4-2-3-5-22(15)29-24(30)18(13-28)10-16-7-9-23(19(25)11-16)31-14-17-6-8-20(26)21(27)12-17/h2-12H,14H2,1H3,(H,29,30)/b18-10-. The summed E-state index contributed by atoms with van der Waals surface area (Å²) in [7, 11) is 0. The van der Waals surface area contributed by atoms with Crippen LogP contribution in [0.15, 0.2) is 70.7 Å². The van der Waals surface area contributed by atoms with E-state index in [0.29, 0.717) is 38.1 Å². The van der Waals surface area contributed by atoms with Gasteiger partial charge in [-0.25, -0.2) is 0 Å². The molecule has 0 fully saturated rings. The van der Waals surface area contributed by atoms with Crippen molar-refractivity contribution in [3.63, 3.8) is 0 Å². The fourth-order valence-corrected chi connectivity index (χ4v) is 3.56. The molecule has 0 spiro atoms. The normalized spacial score (nSPS) is 11.0.